The van der Waals surface area contributed by atoms with Gasteiger partial charge in [0.15, 0.2) is 0 Å². The summed E-state index contributed by atoms with van der Waals surface area (Å²) < 4.78 is 5.73. The van der Waals surface area contributed by atoms with Crippen LogP contribution in [0.5, 0.6) is 0 Å². The number of rotatable bonds is 1. The Morgan fingerprint density at radius 3 is 3.00 bits per heavy atom. The minimum atomic E-state index is -0.518. The van der Waals surface area contributed by atoms with Crippen LogP contribution in [0.4, 0.5) is 0 Å². The Kier molecular flexibility index (Phi) is 3.46. The summed E-state index contributed by atoms with van der Waals surface area (Å²) in [6.07, 6.45) is 3.91. The summed E-state index contributed by atoms with van der Waals surface area (Å²) in [5, 5.41) is 4.36. The fraction of sp³-hybridized carbons (Fsp3) is 0.500. The number of carbonyl (C=O) groups excluding carboxylic acids is 1. The van der Waals surface area contributed by atoms with E-state index in [1.165, 1.54) is 0 Å². The third kappa shape index (κ3) is 2.24. The van der Waals surface area contributed by atoms with Crippen molar-refractivity contribution in [3.05, 3.63) is 33.8 Å². The predicted octanol–water partition coefficient (Wildman–Crippen LogP) is 3.28. The van der Waals surface area contributed by atoms with E-state index < -0.39 is 5.54 Å². The number of ether oxygens (including phenoxy) is 1. The normalized spacial score (nSPS) is 30.6. The topological polar surface area (TPSA) is 38.3 Å². The van der Waals surface area contributed by atoms with E-state index in [-0.39, 0.29) is 18.6 Å². The van der Waals surface area contributed by atoms with Crippen LogP contribution >= 0.6 is 23.2 Å². The van der Waals surface area contributed by atoms with Gasteiger partial charge in [0.1, 0.15) is 6.61 Å². The van der Waals surface area contributed by atoms with Gasteiger partial charge in [-0.15, -0.1) is 0 Å². The van der Waals surface area contributed by atoms with Gasteiger partial charge in [-0.3, -0.25) is 4.79 Å². The molecule has 3 nitrogen and oxygen atoms in total. The summed E-state index contributed by atoms with van der Waals surface area (Å²) in [4.78, 5) is 11.8. The van der Waals surface area contributed by atoms with Gasteiger partial charge in [-0.2, -0.15) is 0 Å². The molecule has 3 rings (SSSR count). The van der Waals surface area contributed by atoms with Crippen LogP contribution in [0.2, 0.25) is 10.0 Å². The molecule has 1 heterocycles. The molecule has 2 unspecified atom stereocenters. The highest BCUT2D eigenvalue weighted by atomic mass is 35.5. The number of halogens is 2. The van der Waals surface area contributed by atoms with Gasteiger partial charge in [0.25, 0.3) is 0 Å². The Bertz CT molecular complexity index is 520. The maximum absolute atomic E-state index is 11.8. The summed E-state index contributed by atoms with van der Waals surface area (Å²) in [6, 6.07) is 5.38. The fourth-order valence-electron chi connectivity index (χ4n) is 3.19. The summed E-state index contributed by atoms with van der Waals surface area (Å²) in [6.45, 7) is 0.130. The molecule has 2 aliphatic rings. The lowest BCUT2D eigenvalue weighted by atomic mass is 9.73. The molecule has 0 bridgehead atoms. The number of carbonyl (C=O) groups is 1. The highest BCUT2D eigenvalue weighted by molar-refractivity contribution is 6.33. The molecular weight excluding hydrogens is 285 g/mol. The van der Waals surface area contributed by atoms with Crippen molar-refractivity contribution in [3.8, 4) is 0 Å². The van der Waals surface area contributed by atoms with Gasteiger partial charge >= 0.3 is 0 Å². The van der Waals surface area contributed by atoms with Crippen molar-refractivity contribution >= 4 is 29.1 Å². The molecule has 0 radical (unpaired) electrons. The van der Waals surface area contributed by atoms with Crippen LogP contribution in [0, 0.1) is 0 Å². The lowest BCUT2D eigenvalue weighted by Crippen LogP contribution is -2.61. The summed E-state index contributed by atoms with van der Waals surface area (Å²) in [5.41, 5.74) is 0.356. The van der Waals surface area contributed by atoms with E-state index >= 15 is 0 Å². The molecule has 1 aliphatic carbocycles. The molecule has 1 aromatic carbocycles. The standard InChI is InChI=1S/C14H15Cl2NO2/c15-9-4-5-11(16)10(7-9)14-6-2-1-3-12(14)19-8-13(18)17-14/h4-5,7,12H,1-3,6,8H2,(H,17,18). The number of fused-ring (bicyclic) bond motifs is 1. The summed E-state index contributed by atoms with van der Waals surface area (Å²) in [5.74, 6) is -0.0887. The lowest BCUT2D eigenvalue weighted by molar-refractivity contribution is -0.148. The van der Waals surface area contributed by atoms with Crippen molar-refractivity contribution in [1.29, 1.82) is 0 Å². The molecule has 1 saturated carbocycles. The monoisotopic (exact) mass is 299 g/mol. The molecular formula is C14H15Cl2NO2. The van der Waals surface area contributed by atoms with E-state index in [1.54, 1.807) is 12.1 Å². The number of hydrogen-bond acceptors (Lipinski definition) is 2. The zero-order valence-corrected chi connectivity index (χ0v) is 11.9. The Balaban J connectivity index is 2.10. The maximum atomic E-state index is 11.8. The Morgan fingerprint density at radius 1 is 1.32 bits per heavy atom. The van der Waals surface area contributed by atoms with Crippen LogP contribution < -0.4 is 5.32 Å². The van der Waals surface area contributed by atoms with Crippen LogP contribution in [0.25, 0.3) is 0 Å². The van der Waals surface area contributed by atoms with E-state index in [2.05, 4.69) is 5.32 Å². The van der Waals surface area contributed by atoms with E-state index in [0.29, 0.717) is 10.0 Å². The van der Waals surface area contributed by atoms with Crippen molar-refractivity contribution < 1.29 is 9.53 Å². The third-order valence-electron chi connectivity index (χ3n) is 4.02. The van der Waals surface area contributed by atoms with Crippen molar-refractivity contribution in [2.24, 2.45) is 0 Å². The Labute approximate surface area is 122 Å². The van der Waals surface area contributed by atoms with Gasteiger partial charge in [0.05, 0.1) is 11.6 Å². The second-order valence-corrected chi connectivity index (χ2v) is 6.03. The molecule has 0 aromatic heterocycles. The van der Waals surface area contributed by atoms with Crippen molar-refractivity contribution in [2.45, 2.75) is 37.3 Å². The van der Waals surface area contributed by atoms with Gasteiger partial charge in [-0.05, 0) is 31.0 Å². The highest BCUT2D eigenvalue weighted by Crippen LogP contribution is 2.44. The average molecular weight is 300 g/mol. The second-order valence-electron chi connectivity index (χ2n) is 5.19. The van der Waals surface area contributed by atoms with E-state index in [9.17, 15) is 4.79 Å². The van der Waals surface area contributed by atoms with E-state index in [1.807, 2.05) is 6.07 Å². The minimum absolute atomic E-state index is 0.0186. The first kappa shape index (κ1) is 13.2. The van der Waals surface area contributed by atoms with Crippen LogP contribution in [0.3, 0.4) is 0 Å². The maximum Gasteiger partial charge on any atom is 0.246 e. The zero-order valence-electron chi connectivity index (χ0n) is 10.4. The fourth-order valence-corrected chi connectivity index (χ4v) is 3.64. The van der Waals surface area contributed by atoms with E-state index in [4.69, 9.17) is 27.9 Å². The molecule has 1 N–H and O–H groups in total. The summed E-state index contributed by atoms with van der Waals surface area (Å²) in [7, 11) is 0. The van der Waals surface area contributed by atoms with Crippen molar-refractivity contribution in [3.63, 3.8) is 0 Å². The minimum Gasteiger partial charge on any atom is -0.366 e. The number of hydrogen-bond donors (Lipinski definition) is 1. The largest absolute Gasteiger partial charge is 0.366 e. The Hall–Kier alpha value is -0.770. The van der Waals surface area contributed by atoms with Crippen LogP contribution in [-0.4, -0.2) is 18.6 Å². The molecule has 2 fully saturated rings. The molecule has 1 saturated heterocycles. The van der Waals surface area contributed by atoms with E-state index in [0.717, 1.165) is 31.2 Å². The van der Waals surface area contributed by atoms with Gasteiger partial charge < -0.3 is 10.1 Å². The molecule has 1 aromatic rings. The lowest BCUT2D eigenvalue weighted by Gasteiger charge is -2.47. The molecule has 0 spiro atoms. The van der Waals surface area contributed by atoms with Crippen LogP contribution in [0.15, 0.2) is 18.2 Å². The number of amides is 1. The second kappa shape index (κ2) is 4.97. The molecule has 5 heteroatoms. The average Bonchev–Trinajstić information content (AvgIpc) is 2.41. The van der Waals surface area contributed by atoms with Crippen molar-refractivity contribution in [2.75, 3.05) is 6.61 Å². The van der Waals surface area contributed by atoms with Gasteiger partial charge in [0, 0.05) is 15.6 Å². The molecule has 2 atom stereocenters. The molecule has 102 valence electrons. The van der Waals surface area contributed by atoms with Gasteiger partial charge in [-0.25, -0.2) is 0 Å². The van der Waals surface area contributed by atoms with Gasteiger partial charge in [0.2, 0.25) is 5.91 Å². The zero-order chi connectivity index (χ0) is 13.5. The number of nitrogens with one attached hydrogen (secondary N) is 1. The number of morpholine rings is 1. The first-order valence-corrected chi connectivity index (χ1v) is 7.25. The van der Waals surface area contributed by atoms with Crippen LogP contribution in [0.1, 0.15) is 31.2 Å². The predicted molar refractivity (Wildman–Crippen MR) is 74.5 cm³/mol. The first-order chi connectivity index (χ1) is 9.12. The Morgan fingerprint density at radius 2 is 2.16 bits per heavy atom. The SMILES string of the molecule is O=C1COC2CCCCC2(c2cc(Cl)ccc2Cl)N1. The molecule has 19 heavy (non-hydrogen) atoms. The first-order valence-electron chi connectivity index (χ1n) is 6.50. The third-order valence-corrected chi connectivity index (χ3v) is 4.59. The van der Waals surface area contributed by atoms with Crippen LogP contribution in [-0.2, 0) is 15.1 Å². The number of benzene rings is 1. The summed E-state index contributed by atoms with van der Waals surface area (Å²) >= 11 is 12.4. The quantitative estimate of drug-likeness (QED) is 0.864. The van der Waals surface area contributed by atoms with Crippen molar-refractivity contribution in [1.82, 2.24) is 5.32 Å². The smallest absolute Gasteiger partial charge is 0.246 e. The molecule has 1 aliphatic heterocycles. The van der Waals surface area contributed by atoms with Gasteiger partial charge in [-0.1, -0.05) is 36.0 Å². The highest BCUT2D eigenvalue weighted by Gasteiger charge is 2.48. The molecule has 1 amide bonds.